The molecule has 0 bridgehead atoms. The second-order valence-electron chi connectivity index (χ2n) is 4.29. The Morgan fingerprint density at radius 2 is 2.33 bits per heavy atom. The molecule has 1 aromatic carbocycles. The van der Waals surface area contributed by atoms with Gasteiger partial charge in [-0.2, -0.15) is 0 Å². The molecule has 2 nitrogen and oxygen atoms in total. The Morgan fingerprint density at radius 1 is 1.47 bits per heavy atom. The number of nitrogen functional groups attached to an aromatic ring is 1. The number of nitrogens with two attached hydrogens (primary N) is 1. The molecule has 1 fully saturated rings. The number of hydrogen-bond acceptors (Lipinski definition) is 3. The lowest BCUT2D eigenvalue weighted by Crippen LogP contribution is -2.09. The van der Waals surface area contributed by atoms with Gasteiger partial charge in [-0.15, -0.1) is 12.6 Å². The summed E-state index contributed by atoms with van der Waals surface area (Å²) in [5.41, 5.74) is 7.84. The molecular formula is C12H18N2S. The molecule has 1 aliphatic rings. The van der Waals surface area contributed by atoms with Gasteiger partial charge in [-0.05, 0) is 56.0 Å². The van der Waals surface area contributed by atoms with Crippen LogP contribution in [-0.4, -0.2) is 13.1 Å². The number of benzene rings is 1. The monoisotopic (exact) mass is 222 g/mol. The molecule has 0 saturated carbocycles. The van der Waals surface area contributed by atoms with E-state index in [1.54, 1.807) is 0 Å². The second-order valence-corrected chi connectivity index (χ2v) is 4.77. The zero-order valence-corrected chi connectivity index (χ0v) is 9.76. The van der Waals surface area contributed by atoms with Crippen molar-refractivity contribution in [2.24, 2.45) is 5.92 Å². The Morgan fingerprint density at radius 3 is 3.00 bits per heavy atom. The topological polar surface area (TPSA) is 38.0 Å². The van der Waals surface area contributed by atoms with Crippen molar-refractivity contribution < 1.29 is 0 Å². The van der Waals surface area contributed by atoms with E-state index in [2.05, 4.69) is 30.1 Å². The minimum absolute atomic E-state index is 0.768. The van der Waals surface area contributed by atoms with Gasteiger partial charge in [0.05, 0.1) is 0 Å². The second kappa shape index (κ2) is 4.90. The summed E-state index contributed by atoms with van der Waals surface area (Å²) in [6, 6.07) is 6.14. The zero-order valence-electron chi connectivity index (χ0n) is 8.87. The average molecular weight is 222 g/mol. The molecular weight excluding hydrogens is 204 g/mol. The van der Waals surface area contributed by atoms with Gasteiger partial charge in [0.15, 0.2) is 0 Å². The third-order valence-electron chi connectivity index (χ3n) is 3.10. The quantitative estimate of drug-likeness (QED) is 0.541. The number of anilines is 1. The largest absolute Gasteiger partial charge is 0.398 e. The van der Waals surface area contributed by atoms with Crippen molar-refractivity contribution in [1.82, 2.24) is 5.32 Å². The molecule has 3 heteroatoms. The normalized spacial score (nSPS) is 20.7. The highest BCUT2D eigenvalue weighted by molar-refractivity contribution is 7.80. The van der Waals surface area contributed by atoms with E-state index >= 15 is 0 Å². The van der Waals surface area contributed by atoms with Crippen molar-refractivity contribution in [3.63, 3.8) is 0 Å². The van der Waals surface area contributed by atoms with E-state index in [9.17, 15) is 0 Å². The third kappa shape index (κ3) is 2.89. The summed E-state index contributed by atoms with van der Waals surface area (Å²) in [5, 5.41) is 3.39. The fourth-order valence-corrected chi connectivity index (χ4v) is 2.32. The van der Waals surface area contributed by atoms with Crippen LogP contribution in [0.25, 0.3) is 0 Å². The van der Waals surface area contributed by atoms with Crippen molar-refractivity contribution in [2.45, 2.75) is 24.2 Å². The van der Waals surface area contributed by atoms with Gasteiger partial charge in [-0.1, -0.05) is 6.07 Å². The molecule has 0 aliphatic carbocycles. The lowest BCUT2D eigenvalue weighted by molar-refractivity contribution is 0.533. The molecule has 82 valence electrons. The molecule has 1 aliphatic heterocycles. The number of rotatable bonds is 3. The summed E-state index contributed by atoms with van der Waals surface area (Å²) < 4.78 is 0. The third-order valence-corrected chi connectivity index (χ3v) is 3.49. The predicted octanol–water partition coefficient (Wildman–Crippen LogP) is 2.10. The lowest BCUT2D eigenvalue weighted by atomic mass is 9.99. The van der Waals surface area contributed by atoms with Crippen LogP contribution in [-0.2, 0) is 6.42 Å². The Balaban J connectivity index is 1.90. The number of nitrogens with one attached hydrogen (secondary N) is 1. The van der Waals surface area contributed by atoms with E-state index in [-0.39, 0.29) is 0 Å². The van der Waals surface area contributed by atoms with E-state index < -0.39 is 0 Å². The first-order valence-electron chi connectivity index (χ1n) is 5.54. The molecule has 0 amide bonds. The van der Waals surface area contributed by atoms with Gasteiger partial charge in [0.1, 0.15) is 0 Å². The van der Waals surface area contributed by atoms with Crippen molar-refractivity contribution in [3.05, 3.63) is 23.8 Å². The van der Waals surface area contributed by atoms with Crippen LogP contribution in [0.1, 0.15) is 18.4 Å². The number of thiol groups is 1. The van der Waals surface area contributed by atoms with E-state index in [1.165, 1.54) is 31.5 Å². The van der Waals surface area contributed by atoms with Gasteiger partial charge < -0.3 is 11.1 Å². The van der Waals surface area contributed by atoms with Gasteiger partial charge in [-0.25, -0.2) is 0 Å². The molecule has 0 spiro atoms. The SMILES string of the molecule is Nc1ccc(CCC2CCNC2)cc1S. The van der Waals surface area contributed by atoms with Crippen LogP contribution in [0.15, 0.2) is 23.1 Å². The van der Waals surface area contributed by atoms with Crippen molar-refractivity contribution in [2.75, 3.05) is 18.8 Å². The summed E-state index contributed by atoms with van der Waals surface area (Å²) in [7, 11) is 0. The maximum atomic E-state index is 5.72. The summed E-state index contributed by atoms with van der Waals surface area (Å²) >= 11 is 4.33. The Bertz CT molecular complexity index is 332. The van der Waals surface area contributed by atoms with Crippen LogP contribution in [0.2, 0.25) is 0 Å². The Labute approximate surface area is 96.7 Å². The molecule has 1 aromatic rings. The summed E-state index contributed by atoms with van der Waals surface area (Å²) in [6.45, 7) is 2.37. The van der Waals surface area contributed by atoms with Crippen molar-refractivity contribution >= 4 is 18.3 Å². The molecule has 15 heavy (non-hydrogen) atoms. The van der Waals surface area contributed by atoms with Gasteiger partial charge in [0, 0.05) is 10.6 Å². The first-order valence-corrected chi connectivity index (χ1v) is 5.98. The van der Waals surface area contributed by atoms with E-state index in [0.717, 1.165) is 22.9 Å². The summed E-state index contributed by atoms with van der Waals surface area (Å²) in [4.78, 5) is 0.900. The van der Waals surface area contributed by atoms with Crippen molar-refractivity contribution in [1.29, 1.82) is 0 Å². The maximum absolute atomic E-state index is 5.72. The minimum Gasteiger partial charge on any atom is -0.398 e. The Hall–Kier alpha value is -0.670. The zero-order chi connectivity index (χ0) is 10.7. The smallest absolute Gasteiger partial charge is 0.0449 e. The van der Waals surface area contributed by atoms with Gasteiger partial charge in [-0.3, -0.25) is 0 Å². The van der Waals surface area contributed by atoms with Gasteiger partial charge in [0.25, 0.3) is 0 Å². The van der Waals surface area contributed by atoms with Crippen LogP contribution >= 0.6 is 12.6 Å². The molecule has 3 N–H and O–H groups in total. The van der Waals surface area contributed by atoms with Crippen LogP contribution in [0.5, 0.6) is 0 Å². The summed E-state index contributed by atoms with van der Waals surface area (Å²) in [6.07, 6.45) is 3.73. The van der Waals surface area contributed by atoms with Gasteiger partial charge in [0.2, 0.25) is 0 Å². The van der Waals surface area contributed by atoms with Crippen LogP contribution in [0, 0.1) is 5.92 Å². The molecule has 1 atom stereocenters. The van der Waals surface area contributed by atoms with Crippen LogP contribution in [0.4, 0.5) is 5.69 Å². The molecule has 0 aromatic heterocycles. The Kier molecular flexibility index (Phi) is 3.54. The highest BCUT2D eigenvalue weighted by Gasteiger charge is 2.13. The summed E-state index contributed by atoms with van der Waals surface area (Å²) in [5.74, 6) is 0.853. The van der Waals surface area contributed by atoms with Crippen LogP contribution < -0.4 is 11.1 Å². The first kappa shape index (κ1) is 10.8. The fraction of sp³-hybridized carbons (Fsp3) is 0.500. The maximum Gasteiger partial charge on any atom is 0.0449 e. The lowest BCUT2D eigenvalue weighted by Gasteiger charge is -2.08. The number of hydrogen-bond donors (Lipinski definition) is 3. The molecule has 1 saturated heterocycles. The van der Waals surface area contributed by atoms with Crippen LogP contribution in [0.3, 0.4) is 0 Å². The fourth-order valence-electron chi connectivity index (χ4n) is 2.08. The average Bonchev–Trinajstić information content (AvgIpc) is 2.73. The molecule has 1 heterocycles. The molecule has 1 unspecified atom stereocenters. The van der Waals surface area contributed by atoms with Gasteiger partial charge >= 0.3 is 0 Å². The van der Waals surface area contributed by atoms with E-state index in [1.807, 2.05) is 6.07 Å². The molecule has 0 radical (unpaired) electrons. The first-order chi connectivity index (χ1) is 7.25. The highest BCUT2D eigenvalue weighted by atomic mass is 32.1. The highest BCUT2D eigenvalue weighted by Crippen LogP contribution is 2.21. The van der Waals surface area contributed by atoms with Crippen molar-refractivity contribution in [3.8, 4) is 0 Å². The van der Waals surface area contributed by atoms with E-state index in [0.29, 0.717) is 0 Å². The number of aryl methyl sites for hydroxylation is 1. The minimum atomic E-state index is 0.768. The standard InChI is InChI=1S/C12H18N2S/c13-11-4-3-9(7-12(11)15)1-2-10-5-6-14-8-10/h3-4,7,10,14-15H,1-2,5-6,8,13H2. The van der Waals surface area contributed by atoms with E-state index in [4.69, 9.17) is 5.73 Å². The molecule has 2 rings (SSSR count). The predicted molar refractivity (Wildman–Crippen MR) is 67.4 cm³/mol.